The molecule has 1 saturated heterocycles. The van der Waals surface area contributed by atoms with Gasteiger partial charge in [0.1, 0.15) is 0 Å². The number of rotatable bonds is 6. The van der Waals surface area contributed by atoms with Crippen LogP contribution in [0.5, 0.6) is 0 Å². The molecular formula is C13H29N3O. The van der Waals surface area contributed by atoms with Gasteiger partial charge in [-0.15, -0.1) is 0 Å². The Morgan fingerprint density at radius 1 is 1.41 bits per heavy atom. The summed E-state index contributed by atoms with van der Waals surface area (Å²) < 4.78 is 5.60. The van der Waals surface area contributed by atoms with E-state index >= 15 is 0 Å². The molecule has 0 aromatic carbocycles. The number of nitrogens with two attached hydrogens (primary N) is 1. The normalized spacial score (nSPS) is 29.8. The largest absolute Gasteiger partial charge is 0.380 e. The lowest BCUT2D eigenvalue weighted by molar-refractivity contribution is 0.0192. The molecule has 102 valence electrons. The van der Waals surface area contributed by atoms with Crippen molar-refractivity contribution in [1.82, 2.24) is 9.80 Å². The predicted octanol–water partition coefficient (Wildman–Crippen LogP) is 0.622. The van der Waals surface area contributed by atoms with E-state index in [4.69, 9.17) is 10.5 Å². The fraction of sp³-hybridized carbons (Fsp3) is 1.00. The van der Waals surface area contributed by atoms with Gasteiger partial charge >= 0.3 is 0 Å². The van der Waals surface area contributed by atoms with Crippen molar-refractivity contribution in [3.8, 4) is 0 Å². The van der Waals surface area contributed by atoms with Gasteiger partial charge in [0.15, 0.2) is 0 Å². The average Bonchev–Trinajstić information content (AvgIpc) is 2.69. The Balaban J connectivity index is 2.65. The molecule has 17 heavy (non-hydrogen) atoms. The molecule has 3 unspecified atom stereocenters. The molecule has 1 heterocycles. The van der Waals surface area contributed by atoms with E-state index in [1.807, 2.05) is 6.92 Å². The predicted molar refractivity (Wildman–Crippen MR) is 72.2 cm³/mol. The minimum Gasteiger partial charge on any atom is -0.380 e. The molecule has 4 heteroatoms. The van der Waals surface area contributed by atoms with Gasteiger partial charge in [-0.25, -0.2) is 0 Å². The summed E-state index contributed by atoms with van der Waals surface area (Å²) in [5, 5.41) is 0. The Hall–Kier alpha value is -0.160. The SMILES string of the molecule is CCOCC(C)(CN)N1CC(C)C(N(C)C)C1. The molecule has 0 aliphatic carbocycles. The van der Waals surface area contributed by atoms with Crippen molar-refractivity contribution >= 4 is 0 Å². The van der Waals surface area contributed by atoms with Gasteiger partial charge in [-0.3, -0.25) is 4.90 Å². The molecule has 1 rings (SSSR count). The minimum atomic E-state index is -0.0188. The van der Waals surface area contributed by atoms with Crippen LogP contribution < -0.4 is 5.73 Å². The van der Waals surface area contributed by atoms with E-state index in [0.717, 1.165) is 26.3 Å². The van der Waals surface area contributed by atoms with Crippen LogP contribution in [0.3, 0.4) is 0 Å². The fourth-order valence-corrected chi connectivity index (χ4v) is 2.66. The molecule has 0 spiro atoms. The number of hydrogen-bond acceptors (Lipinski definition) is 4. The molecule has 1 aliphatic rings. The first-order valence-corrected chi connectivity index (χ1v) is 6.64. The van der Waals surface area contributed by atoms with Gasteiger partial charge in [0.05, 0.1) is 12.1 Å². The molecule has 3 atom stereocenters. The second-order valence-electron chi connectivity index (χ2n) is 5.75. The Kier molecular flexibility index (Phi) is 5.38. The molecule has 1 fully saturated rings. The summed E-state index contributed by atoms with van der Waals surface area (Å²) in [6, 6.07) is 0.627. The maximum atomic E-state index is 5.96. The standard InChI is InChI=1S/C13H29N3O/c1-6-17-10-13(3,9-14)16-7-11(2)12(8-16)15(4)5/h11-12H,6-10,14H2,1-5H3. The first kappa shape index (κ1) is 14.9. The van der Waals surface area contributed by atoms with E-state index < -0.39 is 0 Å². The Morgan fingerprint density at radius 3 is 2.47 bits per heavy atom. The summed E-state index contributed by atoms with van der Waals surface area (Å²) in [7, 11) is 4.32. The van der Waals surface area contributed by atoms with E-state index in [9.17, 15) is 0 Å². The summed E-state index contributed by atoms with van der Waals surface area (Å²) in [5.41, 5.74) is 5.94. The summed E-state index contributed by atoms with van der Waals surface area (Å²) >= 11 is 0. The van der Waals surface area contributed by atoms with Crippen LogP contribution in [-0.2, 0) is 4.74 Å². The van der Waals surface area contributed by atoms with Crippen LogP contribution >= 0.6 is 0 Å². The van der Waals surface area contributed by atoms with Gasteiger partial charge in [-0.05, 0) is 33.9 Å². The number of likely N-dealkylation sites (tertiary alicyclic amines) is 1. The monoisotopic (exact) mass is 243 g/mol. The zero-order valence-electron chi connectivity index (χ0n) is 12.1. The van der Waals surface area contributed by atoms with Crippen molar-refractivity contribution < 1.29 is 4.74 Å². The van der Waals surface area contributed by atoms with E-state index in [-0.39, 0.29) is 5.54 Å². The lowest BCUT2D eigenvalue weighted by Crippen LogP contribution is -2.54. The lowest BCUT2D eigenvalue weighted by atomic mass is 10.0. The van der Waals surface area contributed by atoms with Crippen LogP contribution in [0.4, 0.5) is 0 Å². The van der Waals surface area contributed by atoms with Crippen LogP contribution in [0.1, 0.15) is 20.8 Å². The second-order valence-corrected chi connectivity index (χ2v) is 5.75. The highest BCUT2D eigenvalue weighted by Gasteiger charge is 2.40. The maximum Gasteiger partial charge on any atom is 0.0659 e. The first-order chi connectivity index (χ1) is 7.94. The topological polar surface area (TPSA) is 41.7 Å². The van der Waals surface area contributed by atoms with Crippen LogP contribution in [0, 0.1) is 5.92 Å². The molecule has 0 radical (unpaired) electrons. The highest BCUT2D eigenvalue weighted by molar-refractivity contribution is 4.96. The lowest BCUT2D eigenvalue weighted by Gasteiger charge is -2.38. The van der Waals surface area contributed by atoms with Crippen molar-refractivity contribution in [2.24, 2.45) is 11.7 Å². The third kappa shape index (κ3) is 3.41. The molecule has 1 aliphatic heterocycles. The van der Waals surface area contributed by atoms with E-state index in [0.29, 0.717) is 18.5 Å². The van der Waals surface area contributed by atoms with Crippen molar-refractivity contribution in [2.75, 3.05) is 46.9 Å². The number of hydrogen-bond donors (Lipinski definition) is 1. The smallest absolute Gasteiger partial charge is 0.0659 e. The summed E-state index contributed by atoms with van der Waals surface area (Å²) in [6.07, 6.45) is 0. The molecule has 0 aromatic heterocycles. The van der Waals surface area contributed by atoms with Crippen molar-refractivity contribution in [3.05, 3.63) is 0 Å². The molecule has 0 saturated carbocycles. The van der Waals surface area contributed by atoms with Crippen LogP contribution in [0.25, 0.3) is 0 Å². The van der Waals surface area contributed by atoms with Crippen molar-refractivity contribution in [2.45, 2.75) is 32.4 Å². The van der Waals surface area contributed by atoms with Crippen LogP contribution in [0.15, 0.2) is 0 Å². The Labute approximate surface area is 106 Å². The fourth-order valence-electron chi connectivity index (χ4n) is 2.66. The molecule has 0 amide bonds. The number of likely N-dealkylation sites (N-methyl/N-ethyl adjacent to an activating group) is 1. The summed E-state index contributed by atoms with van der Waals surface area (Å²) in [5.74, 6) is 0.692. The van der Waals surface area contributed by atoms with Crippen LogP contribution in [0.2, 0.25) is 0 Å². The maximum absolute atomic E-state index is 5.96. The summed E-state index contributed by atoms with van der Waals surface area (Å²) in [6.45, 7) is 10.9. The van der Waals surface area contributed by atoms with Crippen LogP contribution in [-0.4, -0.2) is 68.3 Å². The van der Waals surface area contributed by atoms with E-state index in [1.54, 1.807) is 0 Å². The zero-order chi connectivity index (χ0) is 13.1. The molecule has 0 aromatic rings. The number of ether oxygens (including phenoxy) is 1. The first-order valence-electron chi connectivity index (χ1n) is 6.64. The molecule has 2 N–H and O–H groups in total. The highest BCUT2D eigenvalue weighted by Crippen LogP contribution is 2.27. The quantitative estimate of drug-likeness (QED) is 0.743. The van der Waals surface area contributed by atoms with Gasteiger partial charge in [0, 0.05) is 32.3 Å². The Bertz CT molecular complexity index is 235. The molecule has 4 nitrogen and oxygen atoms in total. The third-order valence-corrected chi connectivity index (χ3v) is 4.06. The number of nitrogens with zero attached hydrogens (tertiary/aromatic N) is 2. The highest BCUT2D eigenvalue weighted by atomic mass is 16.5. The van der Waals surface area contributed by atoms with E-state index in [2.05, 4.69) is 37.7 Å². The average molecular weight is 243 g/mol. The second kappa shape index (κ2) is 6.14. The molecular weight excluding hydrogens is 214 g/mol. The molecule has 0 bridgehead atoms. The van der Waals surface area contributed by atoms with Gasteiger partial charge in [0.25, 0.3) is 0 Å². The van der Waals surface area contributed by atoms with Crippen molar-refractivity contribution in [3.63, 3.8) is 0 Å². The Morgan fingerprint density at radius 2 is 2.06 bits per heavy atom. The van der Waals surface area contributed by atoms with E-state index in [1.165, 1.54) is 0 Å². The summed E-state index contributed by atoms with van der Waals surface area (Å²) in [4.78, 5) is 4.82. The van der Waals surface area contributed by atoms with Gasteiger partial charge < -0.3 is 15.4 Å². The minimum absolute atomic E-state index is 0.0188. The van der Waals surface area contributed by atoms with Gasteiger partial charge in [-0.1, -0.05) is 6.92 Å². The van der Waals surface area contributed by atoms with Gasteiger partial charge in [0.2, 0.25) is 0 Å². The van der Waals surface area contributed by atoms with Gasteiger partial charge in [-0.2, -0.15) is 0 Å². The van der Waals surface area contributed by atoms with Crippen molar-refractivity contribution in [1.29, 1.82) is 0 Å². The zero-order valence-corrected chi connectivity index (χ0v) is 12.1. The third-order valence-electron chi connectivity index (χ3n) is 4.06.